The molecule has 3 aromatic carbocycles. The van der Waals surface area contributed by atoms with Gasteiger partial charge in [-0.05, 0) is 60.4 Å². The van der Waals surface area contributed by atoms with Crippen LogP contribution in [0.15, 0.2) is 42.5 Å². The Kier molecular flexibility index (Phi) is 18.5. The monoisotopic (exact) mass is 940 g/mol. The van der Waals surface area contributed by atoms with Gasteiger partial charge in [0.25, 0.3) is 0 Å². The van der Waals surface area contributed by atoms with Gasteiger partial charge < -0.3 is 56.9 Å². The van der Waals surface area contributed by atoms with Gasteiger partial charge in [0.15, 0.2) is 14.4 Å². The van der Waals surface area contributed by atoms with Crippen molar-refractivity contribution in [3.63, 3.8) is 0 Å². The van der Waals surface area contributed by atoms with E-state index in [-0.39, 0.29) is 48.2 Å². The molecule has 1 aliphatic heterocycles. The van der Waals surface area contributed by atoms with Crippen LogP contribution in [0.1, 0.15) is 87.0 Å². The zero-order valence-electron chi connectivity index (χ0n) is 41.7. The lowest BCUT2D eigenvalue weighted by molar-refractivity contribution is -0.208. The van der Waals surface area contributed by atoms with Gasteiger partial charge in [-0.1, -0.05) is 41.5 Å². The molecule has 0 bridgehead atoms. The van der Waals surface area contributed by atoms with E-state index >= 15 is 0 Å². The first-order valence-electron chi connectivity index (χ1n) is 22.1. The highest BCUT2D eigenvalue weighted by atomic mass is 28.4. The molecule has 0 radical (unpaired) electrons. The van der Waals surface area contributed by atoms with Crippen molar-refractivity contribution in [2.45, 2.75) is 130 Å². The lowest BCUT2D eigenvalue weighted by Crippen LogP contribution is -2.59. The summed E-state index contributed by atoms with van der Waals surface area (Å²) in [5.74, 6) is 0.166. The summed E-state index contributed by atoms with van der Waals surface area (Å²) in [4.78, 5) is 41.2. The first-order chi connectivity index (χ1) is 31.0. The molecule has 6 atom stereocenters. The van der Waals surface area contributed by atoms with E-state index in [0.29, 0.717) is 51.9 Å². The van der Waals surface area contributed by atoms with E-state index in [1.54, 1.807) is 71.6 Å². The quantitative estimate of drug-likeness (QED) is 0.0753. The van der Waals surface area contributed by atoms with Crippen molar-refractivity contribution < 1.29 is 71.3 Å². The maximum atomic E-state index is 14.5. The van der Waals surface area contributed by atoms with E-state index in [2.05, 4.69) is 33.9 Å². The lowest BCUT2D eigenvalue weighted by Gasteiger charge is -2.52. The summed E-state index contributed by atoms with van der Waals surface area (Å²) >= 11 is 0. The normalized spacial score (nSPS) is 18.6. The third-order valence-corrected chi connectivity index (χ3v) is 17.9. The van der Waals surface area contributed by atoms with Gasteiger partial charge in [-0.3, -0.25) is 4.79 Å². The van der Waals surface area contributed by atoms with Gasteiger partial charge in [0.1, 0.15) is 59.1 Å². The fraction of sp³-hybridized carbons (Fsp3) is 0.580. The predicted molar refractivity (Wildman–Crippen MR) is 251 cm³/mol. The van der Waals surface area contributed by atoms with Crippen LogP contribution in [0.5, 0.6) is 34.5 Å². The van der Waals surface area contributed by atoms with E-state index < -0.39 is 62.1 Å². The molecule has 1 heterocycles. The molecule has 0 amide bonds. The van der Waals surface area contributed by atoms with E-state index in [1.165, 1.54) is 28.4 Å². The molecule has 1 aliphatic rings. The van der Waals surface area contributed by atoms with Gasteiger partial charge in [-0.25, -0.2) is 9.59 Å². The summed E-state index contributed by atoms with van der Waals surface area (Å²) in [6.07, 6.45) is -4.18. The van der Waals surface area contributed by atoms with Gasteiger partial charge >= 0.3 is 11.9 Å². The van der Waals surface area contributed by atoms with Crippen molar-refractivity contribution >= 4 is 26.0 Å². The Hall–Kier alpha value is -4.87. The molecule has 0 aromatic heterocycles. The van der Waals surface area contributed by atoms with Crippen molar-refractivity contribution in [2.75, 3.05) is 49.8 Å². The van der Waals surface area contributed by atoms with Gasteiger partial charge in [-0.15, -0.1) is 0 Å². The van der Waals surface area contributed by atoms with Crippen molar-refractivity contribution in [3.8, 4) is 34.5 Å². The van der Waals surface area contributed by atoms with E-state index in [9.17, 15) is 19.5 Å². The van der Waals surface area contributed by atoms with Gasteiger partial charge in [0, 0.05) is 67.0 Å². The Labute approximate surface area is 391 Å². The largest absolute Gasteiger partial charge is 0.497 e. The fourth-order valence-electron chi connectivity index (χ4n) is 7.77. The molecule has 0 saturated carbocycles. The van der Waals surface area contributed by atoms with E-state index in [4.69, 9.17) is 51.8 Å². The standard InChI is InChI=1S/C50H72O15Si/c1-29-35(23-36(51)30(2)37(52)24-43-50(6,7)44(65-66(15,16)49(3,4)5)26-42(64-43)46(59-12)48(54)61-14)45(47(53)60-13)41(63-28-32-18-20-34(56-9)22-40(32)58-11)25-38(29)62-27-31-17-19-33(55-8)21-39(31)57-10/h17-22,25,30,36,42-44,46,51H,23-24,26-28H2,1-16H3/t30-,36+,42-,43+,44+,46-/m0/s1. The SMILES string of the molecule is COC(=O)c1c(OCc2ccc(OC)cc2OC)cc(OCc2ccc(OC)cc2OC)c(C)c1C[C@@H](O)[C@H](C)C(=O)C[C@H]1O[C@H]([C@H](OC)C(=O)OC)C[C@@H](O[Si](C)(C)C(C)(C)C)C1(C)C. The summed E-state index contributed by atoms with van der Waals surface area (Å²) < 4.78 is 64.5. The zero-order chi connectivity index (χ0) is 49.3. The maximum Gasteiger partial charge on any atom is 0.341 e. The number of aliphatic hydroxyl groups is 1. The molecule has 0 spiro atoms. The second kappa shape index (κ2) is 22.7. The average molecular weight is 941 g/mol. The molecule has 1 fully saturated rings. The number of methoxy groups -OCH3 is 7. The molecular weight excluding hydrogens is 869 g/mol. The van der Waals surface area contributed by atoms with Gasteiger partial charge in [0.2, 0.25) is 0 Å². The lowest BCUT2D eigenvalue weighted by atomic mass is 9.73. The number of hydrogen-bond donors (Lipinski definition) is 1. The highest BCUT2D eigenvalue weighted by molar-refractivity contribution is 6.74. The van der Waals surface area contributed by atoms with Gasteiger partial charge in [-0.2, -0.15) is 0 Å². The highest BCUT2D eigenvalue weighted by Gasteiger charge is 2.53. The third kappa shape index (κ3) is 12.4. The highest BCUT2D eigenvalue weighted by Crippen LogP contribution is 2.47. The molecule has 0 aliphatic carbocycles. The number of rotatable bonds is 22. The molecule has 1 N–H and O–H groups in total. The minimum Gasteiger partial charge on any atom is -0.497 e. The third-order valence-electron chi connectivity index (χ3n) is 13.4. The second-order valence-corrected chi connectivity index (χ2v) is 23.5. The fourth-order valence-corrected chi connectivity index (χ4v) is 9.23. The molecule has 366 valence electrons. The number of benzene rings is 3. The summed E-state index contributed by atoms with van der Waals surface area (Å²) in [5.41, 5.74) is 1.63. The van der Waals surface area contributed by atoms with E-state index in [1.807, 2.05) is 19.9 Å². The maximum absolute atomic E-state index is 14.5. The molecular formula is C50H72O15Si. The number of ether oxygens (including phenoxy) is 10. The molecule has 16 heteroatoms. The van der Waals surface area contributed by atoms with Crippen molar-refractivity contribution in [2.24, 2.45) is 11.3 Å². The number of hydrogen-bond acceptors (Lipinski definition) is 15. The Morgan fingerprint density at radius 3 is 1.82 bits per heavy atom. The minimum atomic E-state index is -2.36. The topological polar surface area (TPSA) is 173 Å². The Bertz CT molecular complexity index is 2140. The molecule has 1 saturated heterocycles. The van der Waals surface area contributed by atoms with Crippen LogP contribution < -0.4 is 28.4 Å². The first-order valence-corrected chi connectivity index (χ1v) is 25.0. The zero-order valence-corrected chi connectivity index (χ0v) is 42.7. The van der Waals surface area contributed by atoms with Crippen LogP contribution in [0, 0.1) is 18.3 Å². The molecule has 0 unspecified atom stereocenters. The van der Waals surface area contributed by atoms with Crippen LogP contribution in [0.25, 0.3) is 0 Å². The summed E-state index contributed by atoms with van der Waals surface area (Å²) in [6.45, 7) is 18.2. The van der Waals surface area contributed by atoms with Crippen molar-refractivity contribution in [1.29, 1.82) is 0 Å². The molecule has 3 aromatic rings. The van der Waals surface area contributed by atoms with Gasteiger partial charge in [0.05, 0.1) is 67.1 Å². The number of esters is 2. The second-order valence-electron chi connectivity index (χ2n) is 18.8. The molecule has 4 rings (SSSR count). The Morgan fingerprint density at radius 1 is 0.803 bits per heavy atom. The predicted octanol–water partition coefficient (Wildman–Crippen LogP) is 8.23. The summed E-state index contributed by atoms with van der Waals surface area (Å²) in [7, 11) is 7.80. The van der Waals surface area contributed by atoms with E-state index in [0.717, 1.165) is 5.56 Å². The minimum absolute atomic E-state index is 0.0267. The summed E-state index contributed by atoms with van der Waals surface area (Å²) in [5, 5.41) is 11.9. The number of Topliss-reactive ketones (excluding diaryl/α,β-unsaturated/α-hetero) is 1. The average Bonchev–Trinajstić information content (AvgIpc) is 3.28. The Morgan fingerprint density at radius 2 is 1.35 bits per heavy atom. The Balaban J connectivity index is 1.74. The number of ketones is 1. The first kappa shape index (κ1) is 53.7. The summed E-state index contributed by atoms with van der Waals surface area (Å²) in [6, 6.07) is 12.3. The van der Waals surface area contributed by atoms with Crippen LogP contribution in [-0.2, 0) is 52.6 Å². The van der Waals surface area contributed by atoms with Crippen LogP contribution in [0.2, 0.25) is 18.1 Å². The molecule has 15 nitrogen and oxygen atoms in total. The van der Waals surface area contributed by atoms with Crippen molar-refractivity contribution in [1.82, 2.24) is 0 Å². The molecule has 66 heavy (non-hydrogen) atoms. The van der Waals surface area contributed by atoms with Crippen LogP contribution in [-0.4, -0.2) is 111 Å². The van der Waals surface area contributed by atoms with Crippen LogP contribution in [0.4, 0.5) is 0 Å². The number of carbonyl (C=O) groups is 3. The smallest absolute Gasteiger partial charge is 0.341 e. The number of carbonyl (C=O) groups excluding carboxylic acids is 3. The van der Waals surface area contributed by atoms with Crippen molar-refractivity contribution in [3.05, 3.63) is 70.3 Å². The van der Waals surface area contributed by atoms with Crippen LogP contribution in [0.3, 0.4) is 0 Å². The van der Waals surface area contributed by atoms with Crippen LogP contribution >= 0.6 is 0 Å². The number of aliphatic hydroxyl groups excluding tert-OH is 1.